The number of nitrogens with one attached hydrogen (secondary N) is 1. The Morgan fingerprint density at radius 3 is 2.81 bits per heavy atom. The van der Waals surface area contributed by atoms with Crippen molar-refractivity contribution in [1.29, 1.82) is 0 Å². The highest BCUT2D eigenvalue weighted by atomic mass is 32.2. The number of rotatable bonds is 5. The molecule has 0 radical (unpaired) electrons. The van der Waals surface area contributed by atoms with Crippen molar-refractivity contribution >= 4 is 22.7 Å². The standard InChI is InChI=1S/C10H13NO4S/c1-3-16(14)15-11-9-7(2)5-4-6-8(9)10(12)13/h4-6,11H,3H2,1-2H3,(H,12,13). The summed E-state index contributed by atoms with van der Waals surface area (Å²) < 4.78 is 15.9. The molecule has 0 aromatic heterocycles. The number of para-hydroxylation sites is 1. The number of carboxylic acid groups (broad SMARTS) is 1. The van der Waals surface area contributed by atoms with Gasteiger partial charge in [0, 0.05) is 5.75 Å². The summed E-state index contributed by atoms with van der Waals surface area (Å²) in [6.45, 7) is 3.45. The molecule has 2 N–H and O–H groups in total. The molecule has 88 valence electrons. The minimum atomic E-state index is -1.46. The van der Waals surface area contributed by atoms with Gasteiger partial charge < -0.3 is 5.11 Å². The fraction of sp³-hybridized carbons (Fsp3) is 0.300. The maximum Gasteiger partial charge on any atom is 0.337 e. The molecule has 1 unspecified atom stereocenters. The van der Waals surface area contributed by atoms with E-state index in [1.54, 1.807) is 26.0 Å². The molecule has 16 heavy (non-hydrogen) atoms. The summed E-state index contributed by atoms with van der Waals surface area (Å²) in [5.41, 5.74) is 3.57. The predicted octanol–water partition coefficient (Wildman–Crippen LogP) is 1.72. The maximum atomic E-state index is 11.1. The number of carbonyl (C=O) groups is 1. The van der Waals surface area contributed by atoms with E-state index >= 15 is 0 Å². The normalized spacial score (nSPS) is 12.1. The van der Waals surface area contributed by atoms with Gasteiger partial charge in [-0.15, -0.1) is 0 Å². The van der Waals surface area contributed by atoms with Crippen LogP contribution in [0.2, 0.25) is 0 Å². The lowest BCUT2D eigenvalue weighted by Crippen LogP contribution is -2.11. The molecule has 0 saturated heterocycles. The summed E-state index contributed by atoms with van der Waals surface area (Å²) in [5, 5.41) is 8.94. The molecule has 6 heteroatoms. The van der Waals surface area contributed by atoms with E-state index in [1.165, 1.54) is 6.07 Å². The summed E-state index contributed by atoms with van der Waals surface area (Å²) in [6, 6.07) is 4.84. The van der Waals surface area contributed by atoms with Gasteiger partial charge in [0.1, 0.15) is 0 Å². The number of anilines is 1. The number of aromatic carboxylic acids is 1. The number of hydrogen-bond acceptors (Lipinski definition) is 4. The molecule has 0 amide bonds. The zero-order valence-electron chi connectivity index (χ0n) is 9.02. The first kappa shape index (κ1) is 12.7. The van der Waals surface area contributed by atoms with Crippen LogP contribution in [0.3, 0.4) is 0 Å². The first-order valence-electron chi connectivity index (χ1n) is 4.70. The second-order valence-corrected chi connectivity index (χ2v) is 4.43. The van der Waals surface area contributed by atoms with Crippen LogP contribution in [0, 0.1) is 6.92 Å². The second kappa shape index (κ2) is 5.62. The molecule has 1 aromatic rings. The van der Waals surface area contributed by atoms with Gasteiger partial charge in [0.2, 0.25) is 0 Å². The smallest absolute Gasteiger partial charge is 0.337 e. The fourth-order valence-electron chi connectivity index (χ4n) is 1.13. The minimum absolute atomic E-state index is 0.0908. The van der Waals surface area contributed by atoms with Crippen molar-refractivity contribution in [2.24, 2.45) is 0 Å². The average Bonchev–Trinajstić information content (AvgIpc) is 2.26. The minimum Gasteiger partial charge on any atom is -0.478 e. The Labute approximate surface area is 96.0 Å². The highest BCUT2D eigenvalue weighted by Crippen LogP contribution is 2.20. The second-order valence-electron chi connectivity index (χ2n) is 3.08. The van der Waals surface area contributed by atoms with Crippen LogP contribution < -0.4 is 5.48 Å². The SMILES string of the molecule is CCS(=O)ONc1c(C)cccc1C(=O)O. The summed E-state index contributed by atoms with van der Waals surface area (Å²) in [6.07, 6.45) is 0. The predicted molar refractivity (Wildman–Crippen MR) is 61.5 cm³/mol. The molecule has 0 aliphatic rings. The molecule has 1 aromatic carbocycles. The first-order valence-corrected chi connectivity index (χ1v) is 5.95. The number of carboxylic acids is 1. The number of aryl methyl sites for hydroxylation is 1. The summed E-state index contributed by atoms with van der Waals surface area (Å²) in [7, 11) is 0. The Kier molecular flexibility index (Phi) is 4.45. The Balaban J connectivity index is 2.93. The van der Waals surface area contributed by atoms with Crippen LogP contribution in [0.15, 0.2) is 18.2 Å². The van der Waals surface area contributed by atoms with Gasteiger partial charge in [-0.25, -0.2) is 9.00 Å². The third kappa shape index (κ3) is 3.04. The molecule has 0 heterocycles. The third-order valence-corrected chi connectivity index (χ3v) is 2.72. The Hall–Kier alpha value is -1.40. The van der Waals surface area contributed by atoms with Crippen molar-refractivity contribution in [3.8, 4) is 0 Å². The largest absolute Gasteiger partial charge is 0.478 e. The topological polar surface area (TPSA) is 75.6 Å². The van der Waals surface area contributed by atoms with Crippen LogP contribution in [-0.2, 0) is 15.4 Å². The molecular weight excluding hydrogens is 230 g/mol. The number of hydrogen-bond donors (Lipinski definition) is 2. The van der Waals surface area contributed by atoms with Crippen LogP contribution >= 0.6 is 0 Å². The van der Waals surface area contributed by atoms with E-state index in [9.17, 15) is 9.00 Å². The summed E-state index contributed by atoms with van der Waals surface area (Å²) >= 11 is -1.46. The Morgan fingerprint density at radius 1 is 1.56 bits per heavy atom. The Morgan fingerprint density at radius 2 is 2.25 bits per heavy atom. The van der Waals surface area contributed by atoms with E-state index < -0.39 is 17.0 Å². The third-order valence-electron chi connectivity index (χ3n) is 1.98. The van der Waals surface area contributed by atoms with Crippen LogP contribution in [-0.4, -0.2) is 21.0 Å². The van der Waals surface area contributed by atoms with E-state index in [0.717, 1.165) is 0 Å². The van der Waals surface area contributed by atoms with Gasteiger partial charge in [0.05, 0.1) is 11.3 Å². The highest BCUT2D eigenvalue weighted by Gasteiger charge is 2.12. The lowest BCUT2D eigenvalue weighted by atomic mass is 10.1. The van der Waals surface area contributed by atoms with Gasteiger partial charge >= 0.3 is 5.97 Å². The fourth-order valence-corrected chi connectivity index (χ4v) is 1.42. The molecule has 0 saturated carbocycles. The van der Waals surface area contributed by atoms with Crippen molar-refractivity contribution in [3.05, 3.63) is 29.3 Å². The average molecular weight is 243 g/mol. The van der Waals surface area contributed by atoms with Gasteiger partial charge in [-0.2, -0.15) is 4.28 Å². The van der Waals surface area contributed by atoms with Gasteiger partial charge in [0.15, 0.2) is 11.1 Å². The van der Waals surface area contributed by atoms with Crippen LogP contribution in [0.4, 0.5) is 5.69 Å². The lowest BCUT2D eigenvalue weighted by molar-refractivity contribution is 0.0697. The molecule has 0 aliphatic heterocycles. The quantitative estimate of drug-likeness (QED) is 0.770. The van der Waals surface area contributed by atoms with Crippen molar-refractivity contribution in [2.75, 3.05) is 11.2 Å². The lowest BCUT2D eigenvalue weighted by Gasteiger charge is -2.10. The zero-order chi connectivity index (χ0) is 12.1. The molecule has 0 aliphatic carbocycles. The van der Waals surface area contributed by atoms with Crippen molar-refractivity contribution in [2.45, 2.75) is 13.8 Å². The molecule has 1 atom stereocenters. The van der Waals surface area contributed by atoms with E-state index in [-0.39, 0.29) is 5.56 Å². The van der Waals surface area contributed by atoms with E-state index in [2.05, 4.69) is 5.48 Å². The van der Waals surface area contributed by atoms with Crippen LogP contribution in [0.25, 0.3) is 0 Å². The molecule has 5 nitrogen and oxygen atoms in total. The number of benzene rings is 1. The van der Waals surface area contributed by atoms with Gasteiger partial charge in [-0.05, 0) is 18.6 Å². The molecular formula is C10H13NO4S. The molecule has 0 spiro atoms. The van der Waals surface area contributed by atoms with Crippen LogP contribution in [0.5, 0.6) is 0 Å². The summed E-state index contributed by atoms with van der Waals surface area (Å²) in [5.74, 6) is -0.724. The van der Waals surface area contributed by atoms with Gasteiger partial charge in [-0.3, -0.25) is 5.48 Å². The zero-order valence-corrected chi connectivity index (χ0v) is 9.84. The monoisotopic (exact) mass is 243 g/mol. The molecule has 1 rings (SSSR count). The summed E-state index contributed by atoms with van der Waals surface area (Å²) in [4.78, 5) is 10.9. The van der Waals surface area contributed by atoms with Crippen molar-refractivity contribution in [1.82, 2.24) is 0 Å². The van der Waals surface area contributed by atoms with Crippen molar-refractivity contribution in [3.63, 3.8) is 0 Å². The van der Waals surface area contributed by atoms with Crippen molar-refractivity contribution < 1.29 is 18.4 Å². The van der Waals surface area contributed by atoms with E-state index in [0.29, 0.717) is 17.0 Å². The van der Waals surface area contributed by atoms with Gasteiger partial charge in [0.25, 0.3) is 0 Å². The molecule has 0 bridgehead atoms. The van der Waals surface area contributed by atoms with E-state index in [1.807, 2.05) is 0 Å². The van der Waals surface area contributed by atoms with Gasteiger partial charge in [-0.1, -0.05) is 19.1 Å². The Bertz CT molecular complexity index is 419. The highest BCUT2D eigenvalue weighted by molar-refractivity contribution is 7.80. The first-order chi connectivity index (χ1) is 7.56. The van der Waals surface area contributed by atoms with E-state index in [4.69, 9.17) is 9.39 Å². The van der Waals surface area contributed by atoms with Crippen LogP contribution in [0.1, 0.15) is 22.8 Å². The molecule has 0 fully saturated rings. The maximum absolute atomic E-state index is 11.1.